The number of unbranched alkanes of at least 4 members (excludes halogenated alkanes) is 1. The number of amides is 1. The van der Waals surface area contributed by atoms with E-state index in [-0.39, 0.29) is 10.8 Å². The van der Waals surface area contributed by atoms with Gasteiger partial charge in [-0.25, -0.2) is 13.2 Å². The van der Waals surface area contributed by atoms with Gasteiger partial charge in [-0.05, 0) is 68.1 Å². The van der Waals surface area contributed by atoms with E-state index in [9.17, 15) is 18.0 Å². The van der Waals surface area contributed by atoms with Crippen molar-refractivity contribution in [1.82, 2.24) is 4.90 Å². The molecule has 0 atom stereocenters. The highest BCUT2D eigenvalue weighted by Crippen LogP contribution is 2.22. The van der Waals surface area contributed by atoms with Gasteiger partial charge in [-0.15, -0.1) is 0 Å². The van der Waals surface area contributed by atoms with Gasteiger partial charge in [-0.1, -0.05) is 19.4 Å². The first-order valence-corrected chi connectivity index (χ1v) is 12.0. The summed E-state index contributed by atoms with van der Waals surface area (Å²) in [7, 11) is -3.90. The molecule has 0 radical (unpaired) electrons. The summed E-state index contributed by atoms with van der Waals surface area (Å²) in [6, 6.07) is 10.6. The normalized spacial score (nSPS) is 13.8. The first-order chi connectivity index (χ1) is 14.8. The number of anilines is 1. The molecule has 0 bridgehead atoms. The number of hydrogen-bond acceptors (Lipinski definition) is 5. The Morgan fingerprint density at radius 3 is 2.39 bits per heavy atom. The van der Waals surface area contributed by atoms with Gasteiger partial charge in [0.25, 0.3) is 15.9 Å². The molecule has 2 aromatic carbocycles. The number of ether oxygens (including phenoxy) is 1. The Balaban J connectivity index is 1.74. The standard InChI is InChI=1S/C23H28N2O5S/c1-3-4-15-30-23(27)18-8-10-19(11-9-18)24-31(28,29)20-12-7-17(2)21(16-20)22(26)25-13-5-6-14-25/h7-12,16,24H,3-6,13-15H2,1-2H3. The predicted octanol–water partition coefficient (Wildman–Crippen LogP) is 3.99. The lowest BCUT2D eigenvalue weighted by Gasteiger charge is -2.17. The molecular weight excluding hydrogens is 416 g/mol. The molecule has 3 rings (SSSR count). The molecular formula is C23H28N2O5S. The van der Waals surface area contributed by atoms with Crippen molar-refractivity contribution >= 4 is 27.6 Å². The molecule has 0 aromatic heterocycles. The van der Waals surface area contributed by atoms with Crippen molar-refractivity contribution in [1.29, 1.82) is 0 Å². The second-order valence-electron chi connectivity index (χ2n) is 7.65. The molecule has 1 aliphatic rings. The summed E-state index contributed by atoms with van der Waals surface area (Å²) in [5.74, 6) is -0.579. The Hall–Kier alpha value is -2.87. The number of aryl methyl sites for hydroxylation is 1. The van der Waals surface area contributed by atoms with Crippen LogP contribution in [-0.4, -0.2) is 44.9 Å². The third-order valence-corrected chi connectivity index (χ3v) is 6.63. The monoisotopic (exact) mass is 444 g/mol. The van der Waals surface area contributed by atoms with Crippen molar-refractivity contribution in [3.8, 4) is 0 Å². The maximum Gasteiger partial charge on any atom is 0.338 e. The average molecular weight is 445 g/mol. The molecule has 7 nitrogen and oxygen atoms in total. The van der Waals surface area contributed by atoms with Gasteiger partial charge in [0.1, 0.15) is 0 Å². The first-order valence-electron chi connectivity index (χ1n) is 10.5. The number of carbonyl (C=O) groups is 2. The molecule has 1 heterocycles. The summed E-state index contributed by atoms with van der Waals surface area (Å²) in [6.07, 6.45) is 3.65. The lowest BCUT2D eigenvalue weighted by Crippen LogP contribution is -2.28. The maximum absolute atomic E-state index is 12.9. The summed E-state index contributed by atoms with van der Waals surface area (Å²) in [4.78, 5) is 26.5. The summed E-state index contributed by atoms with van der Waals surface area (Å²) >= 11 is 0. The van der Waals surface area contributed by atoms with E-state index in [1.807, 2.05) is 6.92 Å². The number of nitrogens with one attached hydrogen (secondary N) is 1. The number of esters is 1. The molecule has 166 valence electrons. The van der Waals surface area contributed by atoms with Crippen molar-refractivity contribution in [2.24, 2.45) is 0 Å². The van der Waals surface area contributed by atoms with Crippen molar-refractivity contribution < 1.29 is 22.7 Å². The molecule has 8 heteroatoms. The second-order valence-corrected chi connectivity index (χ2v) is 9.33. The summed E-state index contributed by atoms with van der Waals surface area (Å²) < 4.78 is 33.4. The second kappa shape index (κ2) is 9.96. The van der Waals surface area contributed by atoms with Gasteiger partial charge in [0.15, 0.2) is 0 Å². The van der Waals surface area contributed by atoms with Crippen LogP contribution < -0.4 is 4.72 Å². The topological polar surface area (TPSA) is 92.8 Å². The van der Waals surface area contributed by atoms with Crippen LogP contribution in [0.4, 0.5) is 5.69 Å². The van der Waals surface area contributed by atoms with E-state index in [4.69, 9.17) is 4.74 Å². The highest BCUT2D eigenvalue weighted by molar-refractivity contribution is 7.92. The fourth-order valence-electron chi connectivity index (χ4n) is 3.37. The van der Waals surface area contributed by atoms with Gasteiger partial charge >= 0.3 is 5.97 Å². The fraction of sp³-hybridized carbons (Fsp3) is 0.391. The van der Waals surface area contributed by atoms with Gasteiger partial charge in [0.2, 0.25) is 0 Å². The van der Waals surface area contributed by atoms with Crippen molar-refractivity contribution in [2.75, 3.05) is 24.4 Å². The molecule has 1 amide bonds. The van der Waals surface area contributed by atoms with Crippen LogP contribution in [0.3, 0.4) is 0 Å². The summed E-state index contributed by atoms with van der Waals surface area (Å²) in [5.41, 5.74) is 1.81. The minimum Gasteiger partial charge on any atom is -0.462 e. The van der Waals surface area contributed by atoms with Crippen molar-refractivity contribution in [3.63, 3.8) is 0 Å². The Kier molecular flexibility index (Phi) is 7.33. The highest BCUT2D eigenvalue weighted by Gasteiger charge is 2.23. The fourth-order valence-corrected chi connectivity index (χ4v) is 4.45. The van der Waals surface area contributed by atoms with Crippen LogP contribution in [0.15, 0.2) is 47.4 Å². The predicted molar refractivity (Wildman–Crippen MR) is 119 cm³/mol. The molecule has 1 fully saturated rings. The van der Waals surface area contributed by atoms with Crippen LogP contribution in [0.2, 0.25) is 0 Å². The van der Waals surface area contributed by atoms with Crippen LogP contribution in [0.5, 0.6) is 0 Å². The van der Waals surface area contributed by atoms with Crippen LogP contribution >= 0.6 is 0 Å². The SMILES string of the molecule is CCCCOC(=O)c1ccc(NS(=O)(=O)c2ccc(C)c(C(=O)N3CCCC3)c2)cc1. The summed E-state index contributed by atoms with van der Waals surface area (Å²) in [6.45, 7) is 5.55. The number of carbonyl (C=O) groups excluding carboxylic acids is 2. The molecule has 2 aromatic rings. The number of likely N-dealkylation sites (tertiary alicyclic amines) is 1. The minimum absolute atomic E-state index is 0.0173. The molecule has 0 saturated carbocycles. The van der Waals surface area contributed by atoms with E-state index in [1.165, 1.54) is 36.4 Å². The van der Waals surface area contributed by atoms with E-state index in [2.05, 4.69) is 4.72 Å². The Labute approximate surface area is 183 Å². The lowest BCUT2D eigenvalue weighted by atomic mass is 10.1. The molecule has 31 heavy (non-hydrogen) atoms. The van der Waals surface area contributed by atoms with Gasteiger partial charge in [0, 0.05) is 24.3 Å². The zero-order valence-electron chi connectivity index (χ0n) is 17.9. The zero-order chi connectivity index (χ0) is 22.4. The van der Waals surface area contributed by atoms with Gasteiger partial charge in [-0.2, -0.15) is 0 Å². The highest BCUT2D eigenvalue weighted by atomic mass is 32.2. The third-order valence-electron chi connectivity index (χ3n) is 5.25. The van der Waals surface area contributed by atoms with Gasteiger partial charge in [0.05, 0.1) is 17.1 Å². The van der Waals surface area contributed by atoms with Crippen molar-refractivity contribution in [2.45, 2.75) is 44.4 Å². The third kappa shape index (κ3) is 5.64. The van der Waals surface area contributed by atoms with Crippen molar-refractivity contribution in [3.05, 3.63) is 59.2 Å². The average Bonchev–Trinajstić information content (AvgIpc) is 3.29. The first kappa shape index (κ1) is 22.8. The van der Waals surface area contributed by atoms with E-state index < -0.39 is 16.0 Å². The molecule has 1 aliphatic heterocycles. The van der Waals surface area contributed by atoms with E-state index in [0.717, 1.165) is 31.2 Å². The zero-order valence-corrected chi connectivity index (χ0v) is 18.7. The lowest BCUT2D eigenvalue weighted by molar-refractivity contribution is 0.0499. The van der Waals surface area contributed by atoms with Gasteiger partial charge in [-0.3, -0.25) is 9.52 Å². The molecule has 1 saturated heterocycles. The van der Waals surface area contributed by atoms with E-state index in [1.54, 1.807) is 17.9 Å². The van der Waals surface area contributed by atoms with E-state index in [0.29, 0.717) is 36.5 Å². The molecule has 0 unspecified atom stereocenters. The maximum atomic E-state index is 12.9. The van der Waals surface area contributed by atoms with Crippen LogP contribution in [0.1, 0.15) is 58.9 Å². The number of nitrogens with zero attached hydrogens (tertiary/aromatic N) is 1. The number of rotatable bonds is 8. The minimum atomic E-state index is -3.90. The Morgan fingerprint density at radius 1 is 1.06 bits per heavy atom. The molecule has 0 aliphatic carbocycles. The smallest absolute Gasteiger partial charge is 0.338 e. The Morgan fingerprint density at radius 2 is 1.74 bits per heavy atom. The molecule has 1 N–H and O–H groups in total. The van der Waals surface area contributed by atoms with Crippen LogP contribution in [-0.2, 0) is 14.8 Å². The number of sulfonamides is 1. The van der Waals surface area contributed by atoms with Gasteiger partial charge < -0.3 is 9.64 Å². The Bertz CT molecular complexity index is 1040. The quantitative estimate of drug-likeness (QED) is 0.491. The van der Waals surface area contributed by atoms with Crippen LogP contribution in [0, 0.1) is 6.92 Å². The number of hydrogen-bond donors (Lipinski definition) is 1. The number of benzene rings is 2. The molecule has 0 spiro atoms. The summed E-state index contributed by atoms with van der Waals surface area (Å²) in [5, 5.41) is 0. The van der Waals surface area contributed by atoms with Crippen LogP contribution in [0.25, 0.3) is 0 Å². The largest absolute Gasteiger partial charge is 0.462 e. The van der Waals surface area contributed by atoms with E-state index >= 15 is 0 Å².